The minimum Gasteiger partial charge on any atom is -0.332 e. The summed E-state index contributed by atoms with van der Waals surface area (Å²) >= 11 is 0. The molecule has 1 fully saturated rings. The van der Waals surface area contributed by atoms with Crippen LogP contribution < -0.4 is 16.9 Å². The van der Waals surface area contributed by atoms with Gasteiger partial charge in [0.15, 0.2) is 5.78 Å². The van der Waals surface area contributed by atoms with Crippen LogP contribution in [0.1, 0.15) is 44.7 Å². The molecule has 0 aromatic heterocycles. The Morgan fingerprint density at radius 1 is 0.932 bits per heavy atom. The van der Waals surface area contributed by atoms with E-state index in [-0.39, 0.29) is 37.6 Å². The first kappa shape index (κ1) is 32.6. The van der Waals surface area contributed by atoms with Crippen LogP contribution in [0.25, 0.3) is 10.8 Å². The maximum Gasteiger partial charge on any atom is 0.246 e. The van der Waals surface area contributed by atoms with Crippen molar-refractivity contribution in [3.05, 3.63) is 96.1 Å². The van der Waals surface area contributed by atoms with Crippen molar-refractivity contribution in [2.45, 2.75) is 63.6 Å². The van der Waals surface area contributed by atoms with Gasteiger partial charge in [0, 0.05) is 25.4 Å². The lowest BCUT2D eigenvalue weighted by Crippen LogP contribution is -2.63. The van der Waals surface area contributed by atoms with E-state index in [0.717, 1.165) is 21.9 Å². The number of hydrazine groups is 1. The number of nitrogens with zero attached hydrogens (tertiary/aromatic N) is 2. The molecule has 1 heterocycles. The standard InChI is InChI=1S/C35H43N5O4/c1-34(2,36)19-10-15-31(42)39(4)29(23-25-16-17-26-13-8-9-14-27(26)21-25)32(43)35(3,37)28(22-24-11-6-5-7-12-24)33(44)40-20-18-30(41)38-40/h5-17,21,28-29H,18-20,22-23,36-37H2,1-4H3,(H,38,41)/b15-10+/t28-,29-,35?/m1/s1. The number of benzene rings is 3. The zero-order valence-electron chi connectivity index (χ0n) is 26.0. The van der Waals surface area contributed by atoms with Crippen LogP contribution in [0.4, 0.5) is 0 Å². The third-order valence-electron chi connectivity index (χ3n) is 8.19. The Balaban J connectivity index is 1.71. The number of carbonyl (C=O) groups is 4. The van der Waals surface area contributed by atoms with Crippen molar-refractivity contribution in [2.75, 3.05) is 13.6 Å². The van der Waals surface area contributed by atoms with Gasteiger partial charge in [-0.1, -0.05) is 78.9 Å². The smallest absolute Gasteiger partial charge is 0.246 e. The predicted octanol–water partition coefficient (Wildman–Crippen LogP) is 3.30. The Morgan fingerprint density at radius 3 is 2.23 bits per heavy atom. The lowest BCUT2D eigenvalue weighted by molar-refractivity contribution is -0.147. The number of nitrogens with two attached hydrogens (primary N) is 2. The normalized spacial score (nSPS) is 16.4. The Morgan fingerprint density at radius 2 is 1.59 bits per heavy atom. The highest BCUT2D eigenvalue weighted by Crippen LogP contribution is 2.28. The number of amides is 3. The maximum atomic E-state index is 14.6. The van der Waals surface area contributed by atoms with Crippen molar-refractivity contribution in [3.8, 4) is 0 Å². The summed E-state index contributed by atoms with van der Waals surface area (Å²) in [5.41, 5.74) is 15.1. The summed E-state index contributed by atoms with van der Waals surface area (Å²) in [6.45, 7) is 5.47. The van der Waals surface area contributed by atoms with E-state index < -0.39 is 34.7 Å². The minimum absolute atomic E-state index is 0.173. The maximum absolute atomic E-state index is 14.6. The molecule has 1 saturated heterocycles. The van der Waals surface area contributed by atoms with Crippen molar-refractivity contribution in [1.82, 2.24) is 15.3 Å². The summed E-state index contributed by atoms with van der Waals surface area (Å²) in [6, 6.07) is 22.2. The van der Waals surface area contributed by atoms with Crippen molar-refractivity contribution in [2.24, 2.45) is 17.4 Å². The van der Waals surface area contributed by atoms with Crippen molar-refractivity contribution < 1.29 is 19.2 Å². The largest absolute Gasteiger partial charge is 0.332 e. The highest BCUT2D eigenvalue weighted by atomic mass is 16.2. The third kappa shape index (κ3) is 7.98. The van der Waals surface area contributed by atoms with E-state index in [1.165, 1.54) is 16.0 Å². The molecule has 0 bridgehead atoms. The number of hydrogen-bond donors (Lipinski definition) is 3. The molecule has 9 nitrogen and oxygen atoms in total. The first-order chi connectivity index (χ1) is 20.8. The summed E-state index contributed by atoms with van der Waals surface area (Å²) in [5, 5.41) is 3.31. The molecule has 0 radical (unpaired) electrons. The molecule has 0 spiro atoms. The van der Waals surface area contributed by atoms with Crippen LogP contribution in [0.15, 0.2) is 84.9 Å². The van der Waals surface area contributed by atoms with E-state index in [4.69, 9.17) is 11.5 Å². The van der Waals surface area contributed by atoms with Gasteiger partial charge < -0.3 is 16.4 Å². The minimum atomic E-state index is -1.70. The number of carbonyl (C=O) groups excluding carboxylic acids is 4. The molecule has 5 N–H and O–H groups in total. The highest BCUT2D eigenvalue weighted by Gasteiger charge is 2.48. The summed E-state index contributed by atoms with van der Waals surface area (Å²) in [7, 11) is 1.58. The van der Waals surface area contributed by atoms with Gasteiger partial charge in [0.25, 0.3) is 0 Å². The fourth-order valence-electron chi connectivity index (χ4n) is 5.49. The van der Waals surface area contributed by atoms with Gasteiger partial charge in [-0.3, -0.25) is 29.6 Å². The average molecular weight is 598 g/mol. The predicted molar refractivity (Wildman–Crippen MR) is 172 cm³/mol. The molecule has 4 rings (SSSR count). The van der Waals surface area contributed by atoms with E-state index in [1.54, 1.807) is 20.0 Å². The van der Waals surface area contributed by atoms with Gasteiger partial charge in [0.1, 0.15) is 0 Å². The fourth-order valence-corrected chi connectivity index (χ4v) is 5.49. The molecule has 3 aromatic carbocycles. The van der Waals surface area contributed by atoms with Gasteiger partial charge in [-0.2, -0.15) is 0 Å². The van der Waals surface area contributed by atoms with E-state index >= 15 is 0 Å². The molecule has 232 valence electrons. The first-order valence-electron chi connectivity index (χ1n) is 14.9. The molecule has 1 aliphatic rings. The second kappa shape index (κ2) is 13.5. The summed E-state index contributed by atoms with van der Waals surface area (Å²) in [4.78, 5) is 55.3. The number of rotatable bonds is 12. The van der Waals surface area contributed by atoms with Gasteiger partial charge in [0.2, 0.25) is 17.7 Å². The van der Waals surface area contributed by atoms with E-state index in [9.17, 15) is 19.2 Å². The topological polar surface area (TPSA) is 139 Å². The molecule has 1 unspecified atom stereocenters. The Kier molecular flexibility index (Phi) is 10.0. The molecular formula is C35H43N5O4. The molecule has 0 saturated carbocycles. The van der Waals surface area contributed by atoms with E-state index in [1.807, 2.05) is 86.6 Å². The fraction of sp³-hybridized carbons (Fsp3) is 0.371. The zero-order chi connectivity index (χ0) is 32.1. The van der Waals surface area contributed by atoms with Gasteiger partial charge in [-0.15, -0.1) is 0 Å². The number of fused-ring (bicyclic) bond motifs is 1. The number of nitrogens with one attached hydrogen (secondary N) is 1. The second-order valence-electron chi connectivity index (χ2n) is 12.6. The van der Waals surface area contributed by atoms with E-state index in [2.05, 4.69) is 5.43 Å². The second-order valence-corrected chi connectivity index (χ2v) is 12.6. The summed E-state index contributed by atoms with van der Waals surface area (Å²) in [5.74, 6) is -2.54. The highest BCUT2D eigenvalue weighted by molar-refractivity contribution is 6.01. The lowest BCUT2D eigenvalue weighted by Gasteiger charge is -2.38. The van der Waals surface area contributed by atoms with Gasteiger partial charge in [-0.25, -0.2) is 0 Å². The third-order valence-corrected chi connectivity index (χ3v) is 8.19. The molecule has 3 amide bonds. The van der Waals surface area contributed by atoms with E-state index in [0.29, 0.717) is 6.42 Å². The first-order valence-corrected chi connectivity index (χ1v) is 14.9. The van der Waals surface area contributed by atoms with Gasteiger partial charge >= 0.3 is 0 Å². The molecule has 3 aromatic rings. The Hall–Kier alpha value is -4.34. The number of ketones is 1. The average Bonchev–Trinajstić information content (AvgIpc) is 3.43. The molecule has 44 heavy (non-hydrogen) atoms. The Labute approximate surface area is 259 Å². The van der Waals surface area contributed by atoms with Gasteiger partial charge in [0.05, 0.1) is 24.0 Å². The SMILES string of the molecule is CN(C(=O)/C=C/CC(C)(C)N)[C@H](Cc1ccc2ccccc2c1)C(=O)C(C)(N)[C@H](Cc1ccccc1)C(=O)N1CCC(=O)N1. The molecule has 3 atom stereocenters. The van der Waals surface area contributed by atoms with Crippen molar-refractivity contribution >= 4 is 34.3 Å². The quantitative estimate of drug-likeness (QED) is 0.274. The van der Waals surface area contributed by atoms with Crippen molar-refractivity contribution in [1.29, 1.82) is 0 Å². The molecular weight excluding hydrogens is 554 g/mol. The van der Waals surface area contributed by atoms with Crippen LogP contribution in [0.5, 0.6) is 0 Å². The molecule has 0 aliphatic carbocycles. The zero-order valence-corrected chi connectivity index (χ0v) is 26.0. The van der Waals surface area contributed by atoms with Crippen LogP contribution in [0.2, 0.25) is 0 Å². The van der Waals surface area contributed by atoms with Crippen LogP contribution in [0, 0.1) is 5.92 Å². The van der Waals surface area contributed by atoms with Crippen LogP contribution in [0.3, 0.4) is 0 Å². The van der Waals surface area contributed by atoms with Gasteiger partial charge in [-0.05, 0) is 61.6 Å². The monoisotopic (exact) mass is 597 g/mol. The summed E-state index contributed by atoms with van der Waals surface area (Å²) in [6.07, 6.45) is 4.15. The van der Waals surface area contributed by atoms with Crippen LogP contribution in [-0.4, -0.2) is 64.1 Å². The lowest BCUT2D eigenvalue weighted by atomic mass is 9.75. The molecule has 9 heteroatoms. The summed E-state index contributed by atoms with van der Waals surface area (Å²) < 4.78 is 0. The molecule has 1 aliphatic heterocycles. The van der Waals surface area contributed by atoms with Crippen LogP contribution in [-0.2, 0) is 32.0 Å². The Bertz CT molecular complexity index is 1540. The van der Waals surface area contributed by atoms with Crippen molar-refractivity contribution in [3.63, 3.8) is 0 Å². The van der Waals surface area contributed by atoms with Crippen LogP contribution >= 0.6 is 0 Å². The number of likely N-dealkylation sites (N-methyl/N-ethyl adjacent to an activating group) is 1. The number of hydrogen-bond acceptors (Lipinski definition) is 6. The number of Topliss-reactive ketones (excluding diaryl/α,β-unsaturated/α-hetero) is 1.